The number of aliphatic hydroxyl groups is 1. The molecule has 0 aliphatic carbocycles. The molecule has 0 bridgehead atoms. The monoisotopic (exact) mass is 393 g/mol. The summed E-state index contributed by atoms with van der Waals surface area (Å²) in [7, 11) is 0. The van der Waals surface area contributed by atoms with Crippen molar-refractivity contribution in [1.82, 2.24) is 4.90 Å². The lowest BCUT2D eigenvalue weighted by molar-refractivity contribution is 0.104. The summed E-state index contributed by atoms with van der Waals surface area (Å²) in [5.74, 6) is 1.25. The zero-order valence-electron chi connectivity index (χ0n) is 16.1. The van der Waals surface area contributed by atoms with Crippen molar-refractivity contribution in [2.75, 3.05) is 13.3 Å². The van der Waals surface area contributed by atoms with E-state index in [-0.39, 0.29) is 12.6 Å². The van der Waals surface area contributed by atoms with Gasteiger partial charge in [-0.1, -0.05) is 48.5 Å². The molecule has 0 spiro atoms. The summed E-state index contributed by atoms with van der Waals surface area (Å²) in [6.45, 7) is 2.00. The summed E-state index contributed by atoms with van der Waals surface area (Å²) in [5.41, 5.74) is 3.17. The van der Waals surface area contributed by atoms with E-state index in [2.05, 4.69) is 4.90 Å². The van der Waals surface area contributed by atoms with Gasteiger partial charge in [-0.15, -0.1) is 0 Å². The van der Waals surface area contributed by atoms with Gasteiger partial charge in [0.05, 0.1) is 6.10 Å². The molecule has 1 heterocycles. The van der Waals surface area contributed by atoms with Crippen LogP contribution < -0.4 is 9.47 Å². The fourth-order valence-electron chi connectivity index (χ4n) is 3.58. The predicted octanol–water partition coefficient (Wildman–Crippen LogP) is 4.16. The molecule has 1 atom stereocenters. The van der Waals surface area contributed by atoms with E-state index in [1.165, 1.54) is 12.1 Å². The Morgan fingerprint density at radius 2 is 1.52 bits per heavy atom. The number of hydrogen-bond donors (Lipinski definition) is 1. The molecule has 150 valence electrons. The van der Waals surface area contributed by atoms with Gasteiger partial charge in [0, 0.05) is 19.6 Å². The molecular formula is C24H24FNO3. The minimum atomic E-state index is -0.508. The number of hydrogen-bond acceptors (Lipinski definition) is 4. The van der Waals surface area contributed by atoms with Gasteiger partial charge >= 0.3 is 0 Å². The van der Waals surface area contributed by atoms with Gasteiger partial charge in [-0.05, 0) is 47.4 Å². The van der Waals surface area contributed by atoms with Crippen molar-refractivity contribution in [2.45, 2.75) is 25.6 Å². The van der Waals surface area contributed by atoms with Crippen LogP contribution in [-0.2, 0) is 19.5 Å². The maximum Gasteiger partial charge on any atom is 0.231 e. The van der Waals surface area contributed by atoms with Gasteiger partial charge in [0.15, 0.2) is 11.5 Å². The van der Waals surface area contributed by atoms with Crippen LogP contribution in [0.5, 0.6) is 11.5 Å². The first-order valence-electron chi connectivity index (χ1n) is 9.73. The van der Waals surface area contributed by atoms with Crippen molar-refractivity contribution >= 4 is 0 Å². The third-order valence-electron chi connectivity index (χ3n) is 4.95. The third kappa shape index (κ3) is 5.34. The zero-order chi connectivity index (χ0) is 20.1. The van der Waals surface area contributed by atoms with Gasteiger partial charge in [-0.2, -0.15) is 0 Å². The average molecular weight is 393 g/mol. The molecule has 1 aliphatic rings. The third-order valence-corrected chi connectivity index (χ3v) is 4.95. The summed E-state index contributed by atoms with van der Waals surface area (Å²) < 4.78 is 24.1. The van der Waals surface area contributed by atoms with E-state index in [4.69, 9.17) is 9.47 Å². The first-order valence-corrected chi connectivity index (χ1v) is 9.73. The molecule has 1 aliphatic heterocycles. The molecule has 0 saturated carbocycles. The summed E-state index contributed by atoms with van der Waals surface area (Å²) in [6.07, 6.45) is 0.0777. The minimum absolute atomic E-state index is 0.244. The Balaban J connectivity index is 1.47. The number of nitrogens with zero attached hydrogens (tertiary/aromatic N) is 1. The predicted molar refractivity (Wildman–Crippen MR) is 109 cm³/mol. The van der Waals surface area contributed by atoms with Crippen LogP contribution in [0.15, 0.2) is 72.8 Å². The van der Waals surface area contributed by atoms with Crippen molar-refractivity contribution < 1.29 is 19.0 Å². The summed E-state index contributed by atoms with van der Waals surface area (Å²) in [4.78, 5) is 2.17. The van der Waals surface area contributed by atoms with Gasteiger partial charge in [0.1, 0.15) is 5.82 Å². The SMILES string of the molecule is O[C@@H](Cc1ccccc1)CN(Cc1ccc(F)cc1)Cc1ccc2c(c1)OCO2. The Bertz CT molecular complexity index is 931. The maximum absolute atomic E-state index is 13.3. The first kappa shape index (κ1) is 19.4. The number of benzene rings is 3. The Labute approximate surface area is 170 Å². The van der Waals surface area contributed by atoms with Crippen molar-refractivity contribution in [3.05, 3.63) is 95.3 Å². The van der Waals surface area contributed by atoms with Gasteiger partial charge in [-0.25, -0.2) is 4.39 Å². The molecule has 4 rings (SSSR count). The second-order valence-electron chi connectivity index (χ2n) is 7.33. The molecule has 0 radical (unpaired) electrons. The molecule has 0 aromatic heterocycles. The molecule has 0 amide bonds. The Morgan fingerprint density at radius 1 is 0.828 bits per heavy atom. The Kier molecular flexibility index (Phi) is 6.08. The number of halogens is 1. The lowest BCUT2D eigenvalue weighted by Crippen LogP contribution is -2.33. The highest BCUT2D eigenvalue weighted by atomic mass is 19.1. The fraction of sp³-hybridized carbons (Fsp3) is 0.250. The van der Waals surface area contributed by atoms with E-state index in [0.717, 1.165) is 28.2 Å². The summed E-state index contributed by atoms with van der Waals surface area (Å²) in [5, 5.41) is 10.7. The highest BCUT2D eigenvalue weighted by Crippen LogP contribution is 2.33. The summed E-state index contributed by atoms with van der Waals surface area (Å²) in [6, 6.07) is 22.4. The largest absolute Gasteiger partial charge is 0.454 e. The number of rotatable bonds is 8. The van der Waals surface area contributed by atoms with Gasteiger partial charge in [0.2, 0.25) is 6.79 Å². The molecule has 0 saturated heterocycles. The second kappa shape index (κ2) is 9.07. The molecule has 0 fully saturated rings. The van der Waals surface area contributed by atoms with E-state index >= 15 is 0 Å². The number of fused-ring (bicyclic) bond motifs is 1. The topological polar surface area (TPSA) is 41.9 Å². The van der Waals surface area contributed by atoms with Gasteiger partial charge in [0.25, 0.3) is 0 Å². The molecule has 0 unspecified atom stereocenters. The van der Waals surface area contributed by atoms with Crippen LogP contribution in [0.3, 0.4) is 0 Å². The van der Waals surface area contributed by atoms with E-state index < -0.39 is 6.10 Å². The van der Waals surface area contributed by atoms with Crippen molar-refractivity contribution in [3.63, 3.8) is 0 Å². The van der Waals surface area contributed by atoms with Gasteiger partial charge < -0.3 is 14.6 Å². The van der Waals surface area contributed by atoms with Crippen LogP contribution in [0.4, 0.5) is 4.39 Å². The van der Waals surface area contributed by atoms with Crippen LogP contribution in [0.2, 0.25) is 0 Å². The van der Waals surface area contributed by atoms with Crippen LogP contribution in [0.1, 0.15) is 16.7 Å². The summed E-state index contributed by atoms with van der Waals surface area (Å²) >= 11 is 0. The fourth-order valence-corrected chi connectivity index (χ4v) is 3.58. The van der Waals surface area contributed by atoms with Crippen LogP contribution in [-0.4, -0.2) is 29.4 Å². The van der Waals surface area contributed by atoms with Crippen LogP contribution in [0.25, 0.3) is 0 Å². The van der Waals surface area contributed by atoms with Crippen LogP contribution in [0, 0.1) is 5.82 Å². The van der Waals surface area contributed by atoms with Crippen molar-refractivity contribution in [3.8, 4) is 11.5 Å². The molecule has 4 nitrogen and oxygen atoms in total. The molecule has 1 N–H and O–H groups in total. The Morgan fingerprint density at radius 3 is 2.31 bits per heavy atom. The molecule has 29 heavy (non-hydrogen) atoms. The highest BCUT2D eigenvalue weighted by molar-refractivity contribution is 5.44. The minimum Gasteiger partial charge on any atom is -0.454 e. The zero-order valence-corrected chi connectivity index (χ0v) is 16.1. The number of ether oxygens (including phenoxy) is 2. The molecule has 3 aromatic rings. The van der Waals surface area contributed by atoms with Crippen LogP contribution >= 0.6 is 0 Å². The van der Waals surface area contributed by atoms with E-state index in [9.17, 15) is 9.50 Å². The maximum atomic E-state index is 13.3. The highest BCUT2D eigenvalue weighted by Gasteiger charge is 2.17. The average Bonchev–Trinajstić information content (AvgIpc) is 3.18. The van der Waals surface area contributed by atoms with Crippen molar-refractivity contribution in [1.29, 1.82) is 0 Å². The molecule has 3 aromatic carbocycles. The first-order chi connectivity index (χ1) is 14.2. The lowest BCUT2D eigenvalue weighted by Gasteiger charge is -2.25. The molecular weight excluding hydrogens is 369 g/mol. The standard InChI is InChI=1S/C24H24FNO3/c25-21-9-6-19(7-10-21)14-26(16-22(27)12-18-4-2-1-3-5-18)15-20-8-11-23-24(13-20)29-17-28-23/h1-11,13,22,27H,12,14-17H2/t22-/m0/s1. The normalized spacial score (nSPS) is 13.6. The number of aliphatic hydroxyl groups excluding tert-OH is 1. The Hall–Kier alpha value is -2.89. The van der Waals surface area contributed by atoms with E-state index in [1.807, 2.05) is 48.5 Å². The smallest absolute Gasteiger partial charge is 0.231 e. The van der Waals surface area contributed by atoms with Gasteiger partial charge in [-0.3, -0.25) is 4.90 Å². The van der Waals surface area contributed by atoms with E-state index in [1.54, 1.807) is 12.1 Å². The van der Waals surface area contributed by atoms with Crippen molar-refractivity contribution in [2.24, 2.45) is 0 Å². The van der Waals surface area contributed by atoms with E-state index in [0.29, 0.717) is 26.1 Å². The quantitative estimate of drug-likeness (QED) is 0.624. The lowest BCUT2D eigenvalue weighted by atomic mass is 10.1. The molecule has 5 heteroatoms. The second-order valence-corrected chi connectivity index (χ2v) is 7.33.